The summed E-state index contributed by atoms with van der Waals surface area (Å²) in [6, 6.07) is 10.8. The third-order valence-electron chi connectivity index (χ3n) is 2.34. The normalized spacial score (nSPS) is 10.7. The number of benzene rings is 1. The van der Waals surface area contributed by atoms with Gasteiger partial charge in [0.15, 0.2) is 0 Å². The minimum atomic E-state index is 0.857. The lowest BCUT2D eigenvalue weighted by Crippen LogP contribution is -1.89. The molecule has 0 saturated carbocycles. The van der Waals surface area contributed by atoms with Gasteiger partial charge in [0.1, 0.15) is 0 Å². The van der Waals surface area contributed by atoms with E-state index >= 15 is 0 Å². The first-order chi connectivity index (χ1) is 6.29. The van der Waals surface area contributed by atoms with E-state index in [9.17, 15) is 0 Å². The van der Waals surface area contributed by atoms with E-state index in [-0.39, 0.29) is 0 Å². The van der Waals surface area contributed by atoms with Crippen molar-refractivity contribution in [2.24, 2.45) is 5.92 Å². The molecule has 0 atom stereocenters. The molecule has 0 fully saturated rings. The van der Waals surface area contributed by atoms with Crippen LogP contribution in [0.25, 0.3) is 0 Å². The van der Waals surface area contributed by atoms with Gasteiger partial charge in [-0.1, -0.05) is 57.0 Å². The van der Waals surface area contributed by atoms with Crippen LogP contribution < -0.4 is 0 Å². The molecule has 0 saturated heterocycles. The average Bonchev–Trinajstić information content (AvgIpc) is 2.14. The van der Waals surface area contributed by atoms with Gasteiger partial charge in [-0.05, 0) is 24.3 Å². The molecule has 0 radical (unpaired) electrons. The lowest BCUT2D eigenvalue weighted by Gasteiger charge is -2.04. The van der Waals surface area contributed by atoms with Gasteiger partial charge in [0.05, 0.1) is 0 Å². The van der Waals surface area contributed by atoms with Gasteiger partial charge < -0.3 is 0 Å². The Bertz CT molecular complexity index is 211. The van der Waals surface area contributed by atoms with Crippen LogP contribution in [-0.4, -0.2) is 0 Å². The zero-order valence-electron chi connectivity index (χ0n) is 8.79. The summed E-state index contributed by atoms with van der Waals surface area (Å²) in [4.78, 5) is 0. The van der Waals surface area contributed by atoms with Crippen molar-refractivity contribution >= 4 is 0 Å². The summed E-state index contributed by atoms with van der Waals surface area (Å²) < 4.78 is 0. The molecule has 0 aliphatic heterocycles. The first kappa shape index (κ1) is 10.3. The topological polar surface area (TPSA) is 0 Å². The smallest absolute Gasteiger partial charge is 0.0279 e. The van der Waals surface area contributed by atoms with E-state index in [1.54, 1.807) is 0 Å². The molecule has 0 spiro atoms. The molecule has 0 heterocycles. The number of aryl methyl sites for hydroxylation is 1. The predicted octanol–water partition coefficient (Wildman–Crippen LogP) is 4.06. The Hall–Kier alpha value is -0.780. The number of hydrogen-bond acceptors (Lipinski definition) is 0. The second-order valence-corrected chi connectivity index (χ2v) is 4.13. The lowest BCUT2D eigenvalue weighted by atomic mass is 10.0. The minimum Gasteiger partial charge on any atom is -0.0628 e. The van der Waals surface area contributed by atoms with Crippen LogP contribution >= 0.6 is 0 Å². The Balaban J connectivity index is 2.13. The van der Waals surface area contributed by atoms with Gasteiger partial charge in [-0.3, -0.25) is 0 Å². The van der Waals surface area contributed by atoms with Gasteiger partial charge in [0, 0.05) is 0 Å². The third-order valence-corrected chi connectivity index (χ3v) is 2.34. The van der Waals surface area contributed by atoms with Crippen LogP contribution in [0.15, 0.2) is 30.3 Å². The van der Waals surface area contributed by atoms with Crippen LogP contribution in [0.3, 0.4) is 0 Å². The summed E-state index contributed by atoms with van der Waals surface area (Å²) in [6.07, 6.45) is 5.31. The van der Waals surface area contributed by atoms with E-state index in [0.29, 0.717) is 0 Å². The highest BCUT2D eigenvalue weighted by Crippen LogP contribution is 2.10. The molecular formula is C13H20. The Kier molecular flexibility index (Phi) is 4.59. The van der Waals surface area contributed by atoms with E-state index in [1.807, 2.05) is 0 Å². The first-order valence-electron chi connectivity index (χ1n) is 5.33. The number of rotatable bonds is 5. The summed E-state index contributed by atoms with van der Waals surface area (Å²) in [5.41, 5.74) is 1.48. The summed E-state index contributed by atoms with van der Waals surface area (Å²) >= 11 is 0. The molecule has 0 nitrogen and oxygen atoms in total. The maximum absolute atomic E-state index is 2.29. The Morgan fingerprint density at radius 1 is 1.00 bits per heavy atom. The number of unbranched alkanes of at least 4 members (excludes halogenated alkanes) is 1. The van der Waals surface area contributed by atoms with E-state index in [2.05, 4.69) is 44.2 Å². The Labute approximate surface area is 82.0 Å². The van der Waals surface area contributed by atoms with Crippen LogP contribution in [0.2, 0.25) is 0 Å². The lowest BCUT2D eigenvalue weighted by molar-refractivity contribution is 0.538. The Morgan fingerprint density at radius 3 is 2.31 bits per heavy atom. The first-order valence-corrected chi connectivity index (χ1v) is 5.33. The molecular weight excluding hydrogens is 156 g/mol. The Morgan fingerprint density at radius 2 is 1.69 bits per heavy atom. The molecule has 13 heavy (non-hydrogen) atoms. The summed E-state index contributed by atoms with van der Waals surface area (Å²) in [5, 5.41) is 0. The molecule has 0 amide bonds. The van der Waals surface area contributed by atoms with Crippen LogP contribution in [0.4, 0.5) is 0 Å². The monoisotopic (exact) mass is 176 g/mol. The fourth-order valence-corrected chi connectivity index (χ4v) is 1.53. The molecule has 0 unspecified atom stereocenters. The summed E-state index contributed by atoms with van der Waals surface area (Å²) in [7, 11) is 0. The highest BCUT2D eigenvalue weighted by molar-refractivity contribution is 5.14. The molecule has 0 aliphatic carbocycles. The average molecular weight is 176 g/mol. The van der Waals surface area contributed by atoms with Crippen molar-refractivity contribution < 1.29 is 0 Å². The van der Waals surface area contributed by atoms with Crippen molar-refractivity contribution in [3.63, 3.8) is 0 Å². The van der Waals surface area contributed by atoms with E-state index < -0.39 is 0 Å². The molecule has 1 aromatic carbocycles. The van der Waals surface area contributed by atoms with Gasteiger partial charge in [0.25, 0.3) is 0 Å². The molecule has 0 bridgehead atoms. The van der Waals surface area contributed by atoms with Gasteiger partial charge in [-0.25, -0.2) is 0 Å². The summed E-state index contributed by atoms with van der Waals surface area (Å²) in [6.45, 7) is 4.59. The van der Waals surface area contributed by atoms with Crippen molar-refractivity contribution in [1.29, 1.82) is 0 Å². The van der Waals surface area contributed by atoms with Crippen molar-refractivity contribution in [3.8, 4) is 0 Å². The highest BCUT2D eigenvalue weighted by atomic mass is 14.0. The molecule has 0 aliphatic rings. The van der Waals surface area contributed by atoms with Crippen molar-refractivity contribution in [1.82, 2.24) is 0 Å². The second kappa shape index (κ2) is 5.80. The predicted molar refractivity (Wildman–Crippen MR) is 58.8 cm³/mol. The standard InChI is InChI=1S/C13H20/c1-12(2)8-6-7-11-13-9-4-3-5-10-13/h3-5,9-10,12H,6-8,11H2,1-2H3. The van der Waals surface area contributed by atoms with Crippen LogP contribution in [-0.2, 0) is 6.42 Å². The maximum atomic E-state index is 2.29. The molecule has 0 aromatic heterocycles. The fraction of sp³-hybridized carbons (Fsp3) is 0.538. The van der Waals surface area contributed by atoms with Gasteiger partial charge in [0.2, 0.25) is 0 Å². The van der Waals surface area contributed by atoms with Gasteiger partial charge in [-0.15, -0.1) is 0 Å². The number of hydrogen-bond donors (Lipinski definition) is 0. The van der Waals surface area contributed by atoms with E-state index in [4.69, 9.17) is 0 Å². The third kappa shape index (κ3) is 4.72. The van der Waals surface area contributed by atoms with Crippen molar-refractivity contribution in [2.45, 2.75) is 39.5 Å². The van der Waals surface area contributed by atoms with Gasteiger partial charge >= 0.3 is 0 Å². The van der Waals surface area contributed by atoms with E-state index in [0.717, 1.165) is 5.92 Å². The quantitative estimate of drug-likeness (QED) is 0.594. The summed E-state index contributed by atoms with van der Waals surface area (Å²) in [5.74, 6) is 0.857. The van der Waals surface area contributed by atoms with Crippen LogP contribution in [0.5, 0.6) is 0 Å². The molecule has 0 heteroatoms. The molecule has 1 aromatic rings. The highest BCUT2D eigenvalue weighted by Gasteiger charge is 1.95. The van der Waals surface area contributed by atoms with E-state index in [1.165, 1.54) is 31.2 Å². The van der Waals surface area contributed by atoms with Crippen LogP contribution in [0.1, 0.15) is 38.7 Å². The van der Waals surface area contributed by atoms with Gasteiger partial charge in [-0.2, -0.15) is 0 Å². The maximum Gasteiger partial charge on any atom is -0.0279 e. The largest absolute Gasteiger partial charge is 0.0628 e. The SMILES string of the molecule is CC(C)CCCCc1ccccc1. The van der Waals surface area contributed by atoms with Crippen molar-refractivity contribution in [3.05, 3.63) is 35.9 Å². The van der Waals surface area contributed by atoms with Crippen molar-refractivity contribution in [2.75, 3.05) is 0 Å². The molecule has 0 N–H and O–H groups in total. The zero-order valence-corrected chi connectivity index (χ0v) is 8.79. The minimum absolute atomic E-state index is 0.857. The fourth-order valence-electron chi connectivity index (χ4n) is 1.53. The second-order valence-electron chi connectivity index (χ2n) is 4.13. The zero-order chi connectivity index (χ0) is 9.52. The molecule has 72 valence electrons. The van der Waals surface area contributed by atoms with Crippen LogP contribution in [0, 0.1) is 5.92 Å². The molecule has 1 rings (SSSR count).